The van der Waals surface area contributed by atoms with Crippen LogP contribution in [-0.4, -0.2) is 24.0 Å². The maximum absolute atomic E-state index is 15.3. The Kier molecular flexibility index (Phi) is 5.94. The molecule has 0 aromatic heterocycles. The molecule has 0 amide bonds. The number of cyclic esters (lactones) is 1. The molecule has 8 atom stereocenters. The molecule has 0 N–H and O–H groups in total. The largest absolute Gasteiger partial charge is 0.462 e. The Hall–Kier alpha value is -1.19. The lowest BCUT2D eigenvalue weighted by Gasteiger charge is -2.40. The second kappa shape index (κ2) is 8.28. The average Bonchev–Trinajstić information content (AvgIpc) is 3.27. The number of Topliss-reactive ketones (excluding diaryl/α,β-unsaturated/α-hetero) is 1. The molecule has 0 aromatic carbocycles. The van der Waals surface area contributed by atoms with Crippen LogP contribution in [0.15, 0.2) is 11.6 Å². The maximum atomic E-state index is 15.3. The van der Waals surface area contributed by atoms with Crippen molar-refractivity contribution in [3.8, 4) is 0 Å². The first-order valence-corrected chi connectivity index (χ1v) is 11.6. The van der Waals surface area contributed by atoms with Gasteiger partial charge in [0.1, 0.15) is 12.3 Å². The number of halogens is 1. The van der Waals surface area contributed by atoms with Crippen molar-refractivity contribution in [2.75, 3.05) is 0 Å². The number of allylic oxidation sites excluding steroid dienone is 2. The fourth-order valence-corrected chi connectivity index (χ4v) is 6.64. The van der Waals surface area contributed by atoms with Crippen molar-refractivity contribution in [1.82, 2.24) is 0 Å². The van der Waals surface area contributed by atoms with Crippen molar-refractivity contribution in [1.29, 1.82) is 0 Å². The predicted molar refractivity (Wildman–Crippen MR) is 106 cm³/mol. The van der Waals surface area contributed by atoms with Crippen molar-refractivity contribution in [2.24, 2.45) is 35.5 Å². The second-order valence-corrected chi connectivity index (χ2v) is 9.76. The van der Waals surface area contributed by atoms with Gasteiger partial charge in [-0.2, -0.15) is 0 Å². The van der Waals surface area contributed by atoms with E-state index in [9.17, 15) is 9.59 Å². The summed E-state index contributed by atoms with van der Waals surface area (Å²) < 4.78 is 21.1. The maximum Gasteiger partial charge on any atom is 0.306 e. The van der Waals surface area contributed by atoms with Gasteiger partial charge in [-0.3, -0.25) is 9.59 Å². The summed E-state index contributed by atoms with van der Waals surface area (Å²) in [7, 11) is 0. The SMILES string of the molecule is CCC1CCCCC(C)C(=O)C2=C[C@H]3C4CCCC4CC(F)[C@H]3C2CC(=O)O1. The number of fused-ring (bicyclic) bond motifs is 5. The number of ketones is 1. The summed E-state index contributed by atoms with van der Waals surface area (Å²) in [5, 5.41) is 0. The first-order chi connectivity index (χ1) is 13.5. The zero-order valence-corrected chi connectivity index (χ0v) is 17.4. The average molecular weight is 391 g/mol. The van der Waals surface area contributed by atoms with E-state index in [1.807, 2.05) is 13.8 Å². The Morgan fingerprint density at radius 1 is 1.11 bits per heavy atom. The van der Waals surface area contributed by atoms with Crippen LogP contribution in [0.1, 0.15) is 78.1 Å². The van der Waals surface area contributed by atoms with E-state index in [1.54, 1.807) is 0 Å². The van der Waals surface area contributed by atoms with Gasteiger partial charge in [-0.05, 0) is 61.9 Å². The summed E-state index contributed by atoms with van der Waals surface area (Å²) >= 11 is 0. The molecule has 28 heavy (non-hydrogen) atoms. The summed E-state index contributed by atoms with van der Waals surface area (Å²) in [5.41, 5.74) is 0.753. The van der Waals surface area contributed by atoms with Gasteiger partial charge in [-0.15, -0.1) is 0 Å². The third-order valence-corrected chi connectivity index (χ3v) is 8.12. The number of carbonyl (C=O) groups excluding carboxylic acids is 2. The Balaban J connectivity index is 1.64. The smallest absolute Gasteiger partial charge is 0.306 e. The summed E-state index contributed by atoms with van der Waals surface area (Å²) in [6, 6.07) is 0. The van der Waals surface area contributed by atoms with Gasteiger partial charge in [0.05, 0.1) is 6.42 Å². The highest BCUT2D eigenvalue weighted by Gasteiger charge is 2.54. The molecular formula is C24H35FO3. The molecule has 3 fully saturated rings. The Morgan fingerprint density at radius 3 is 2.68 bits per heavy atom. The molecule has 6 unspecified atom stereocenters. The standard InChI is InChI=1S/C24H35FO3/c1-3-16-9-5-4-7-14(2)24(27)20-12-18-17-10-6-8-15(17)11-21(25)23(18)19(20)13-22(26)28-16/h12,14-19,21,23H,3-11,13H2,1-2H3/t14?,15?,16?,17?,18-,19?,21?,23+/m0/s1. The Labute approximate surface area is 168 Å². The van der Waals surface area contributed by atoms with E-state index in [1.165, 1.54) is 6.42 Å². The van der Waals surface area contributed by atoms with Gasteiger partial charge in [0.2, 0.25) is 0 Å². The summed E-state index contributed by atoms with van der Waals surface area (Å²) in [6.07, 6.45) is 9.86. The predicted octanol–water partition coefficient (Wildman–Crippen LogP) is 5.42. The number of rotatable bonds is 1. The molecule has 0 aromatic rings. The highest BCUT2D eigenvalue weighted by atomic mass is 19.1. The molecule has 3 nitrogen and oxygen atoms in total. The molecule has 156 valence electrons. The molecule has 4 rings (SSSR count). The lowest BCUT2D eigenvalue weighted by Crippen LogP contribution is -2.40. The minimum absolute atomic E-state index is 0.0399. The number of hydrogen-bond donors (Lipinski definition) is 0. The number of alkyl halides is 1. The van der Waals surface area contributed by atoms with Crippen LogP contribution < -0.4 is 0 Å². The Bertz CT molecular complexity index is 642. The van der Waals surface area contributed by atoms with E-state index < -0.39 is 6.17 Å². The van der Waals surface area contributed by atoms with Crippen LogP contribution in [0.5, 0.6) is 0 Å². The lowest BCUT2D eigenvalue weighted by molar-refractivity contribution is -0.151. The van der Waals surface area contributed by atoms with E-state index >= 15 is 4.39 Å². The quantitative estimate of drug-likeness (QED) is 0.561. The minimum atomic E-state index is -0.908. The molecule has 0 bridgehead atoms. The summed E-state index contributed by atoms with van der Waals surface area (Å²) in [4.78, 5) is 26.0. The van der Waals surface area contributed by atoms with Crippen molar-refractivity contribution < 1.29 is 18.7 Å². The van der Waals surface area contributed by atoms with Crippen LogP contribution in [0.2, 0.25) is 0 Å². The van der Waals surface area contributed by atoms with Gasteiger partial charge < -0.3 is 4.74 Å². The van der Waals surface area contributed by atoms with Gasteiger partial charge in [-0.1, -0.05) is 39.2 Å². The molecule has 0 radical (unpaired) electrons. The molecule has 4 heteroatoms. The minimum Gasteiger partial charge on any atom is -0.462 e. The second-order valence-electron chi connectivity index (χ2n) is 9.76. The van der Waals surface area contributed by atoms with Crippen LogP contribution in [-0.2, 0) is 14.3 Å². The van der Waals surface area contributed by atoms with Crippen molar-refractivity contribution >= 4 is 11.8 Å². The molecule has 2 saturated carbocycles. The van der Waals surface area contributed by atoms with E-state index in [2.05, 4.69) is 6.08 Å². The molecule has 0 spiro atoms. The summed E-state index contributed by atoms with van der Waals surface area (Å²) in [6.45, 7) is 4.06. The fourth-order valence-electron chi connectivity index (χ4n) is 6.64. The number of ether oxygens (including phenoxy) is 1. The summed E-state index contributed by atoms with van der Waals surface area (Å²) in [5.74, 6) is 0.455. The van der Waals surface area contributed by atoms with Crippen LogP contribution in [0.3, 0.4) is 0 Å². The molecule has 4 aliphatic rings. The molecular weight excluding hydrogens is 355 g/mol. The monoisotopic (exact) mass is 390 g/mol. The third-order valence-electron chi connectivity index (χ3n) is 8.12. The van der Waals surface area contributed by atoms with E-state index in [4.69, 9.17) is 4.74 Å². The number of esters is 1. The fraction of sp³-hybridized carbons (Fsp3) is 0.833. The normalized spacial score (nSPS) is 44.5. The van der Waals surface area contributed by atoms with Crippen molar-refractivity contribution in [3.05, 3.63) is 11.6 Å². The van der Waals surface area contributed by atoms with E-state index in [0.29, 0.717) is 18.3 Å². The number of carbonyl (C=O) groups is 2. The first kappa shape index (κ1) is 20.1. The van der Waals surface area contributed by atoms with Gasteiger partial charge >= 0.3 is 5.97 Å². The lowest BCUT2D eigenvalue weighted by atomic mass is 9.65. The molecule has 1 saturated heterocycles. The zero-order valence-electron chi connectivity index (χ0n) is 17.4. The van der Waals surface area contributed by atoms with Crippen LogP contribution in [0.25, 0.3) is 0 Å². The van der Waals surface area contributed by atoms with Gasteiger partial charge in [-0.25, -0.2) is 4.39 Å². The van der Waals surface area contributed by atoms with E-state index in [-0.39, 0.29) is 47.9 Å². The highest BCUT2D eigenvalue weighted by Crippen LogP contribution is 2.56. The first-order valence-electron chi connectivity index (χ1n) is 11.6. The molecule has 3 aliphatic carbocycles. The Morgan fingerprint density at radius 2 is 1.89 bits per heavy atom. The van der Waals surface area contributed by atoms with Crippen LogP contribution in [0.4, 0.5) is 4.39 Å². The zero-order chi connectivity index (χ0) is 19.8. The topological polar surface area (TPSA) is 43.4 Å². The molecule has 1 heterocycles. The van der Waals surface area contributed by atoms with Crippen LogP contribution in [0, 0.1) is 35.5 Å². The van der Waals surface area contributed by atoms with Crippen molar-refractivity contribution in [2.45, 2.75) is 90.3 Å². The highest BCUT2D eigenvalue weighted by molar-refractivity contribution is 5.98. The number of hydrogen-bond acceptors (Lipinski definition) is 3. The van der Waals surface area contributed by atoms with Crippen LogP contribution >= 0.6 is 0 Å². The third kappa shape index (κ3) is 3.68. The van der Waals surface area contributed by atoms with E-state index in [0.717, 1.165) is 50.5 Å². The van der Waals surface area contributed by atoms with Crippen molar-refractivity contribution in [3.63, 3.8) is 0 Å². The van der Waals surface area contributed by atoms with Gasteiger partial charge in [0.15, 0.2) is 5.78 Å². The van der Waals surface area contributed by atoms with Gasteiger partial charge in [0.25, 0.3) is 0 Å². The molecule has 1 aliphatic heterocycles. The van der Waals surface area contributed by atoms with Gasteiger partial charge in [0, 0.05) is 17.8 Å².